The second kappa shape index (κ2) is 4.61. The largest absolute Gasteiger partial charge is 0.207 e. The van der Waals surface area contributed by atoms with E-state index >= 15 is 0 Å². The molecule has 0 aromatic heterocycles. The third-order valence-electron chi connectivity index (χ3n) is 1.62. The van der Waals surface area contributed by atoms with Crippen molar-refractivity contribution in [1.29, 1.82) is 0 Å². The zero-order chi connectivity index (χ0) is 8.97. The Morgan fingerprint density at radius 1 is 1.50 bits per heavy atom. The van der Waals surface area contributed by atoms with Crippen LogP contribution in [0.1, 0.15) is 25.3 Å². The molecule has 1 rings (SSSR count). The molecule has 0 aliphatic heterocycles. The smallest absolute Gasteiger partial charge is 0.127 e. The van der Waals surface area contributed by atoms with Crippen LogP contribution in [0.25, 0.3) is 0 Å². The maximum absolute atomic E-state index is 13.1. The van der Waals surface area contributed by atoms with Crippen molar-refractivity contribution in [3.8, 4) is 0 Å². The summed E-state index contributed by atoms with van der Waals surface area (Å²) >= 11 is 3.21. The molecule has 0 amide bonds. The summed E-state index contributed by atoms with van der Waals surface area (Å²) < 4.78 is 13.9. The van der Waals surface area contributed by atoms with Crippen molar-refractivity contribution in [1.82, 2.24) is 0 Å². The van der Waals surface area contributed by atoms with Gasteiger partial charge in [-0.3, -0.25) is 0 Å². The van der Waals surface area contributed by atoms with E-state index in [0.29, 0.717) is 5.56 Å². The van der Waals surface area contributed by atoms with E-state index in [1.807, 2.05) is 12.5 Å². The number of benzene rings is 1. The predicted octanol–water partition coefficient (Wildman–Crippen LogP) is 3.94. The summed E-state index contributed by atoms with van der Waals surface area (Å²) in [6, 6.07) is 5.13. The Morgan fingerprint density at radius 2 is 2.25 bits per heavy atom. The lowest BCUT2D eigenvalue weighted by atomic mass is 10.1. The van der Waals surface area contributed by atoms with Gasteiger partial charge in [0.15, 0.2) is 0 Å². The lowest BCUT2D eigenvalue weighted by Crippen LogP contribution is -1.87. The third-order valence-corrected chi connectivity index (χ3v) is 2.11. The third kappa shape index (κ3) is 2.59. The normalized spacial score (nSPS) is 10.2. The second-order valence-electron chi connectivity index (χ2n) is 2.66. The predicted molar refractivity (Wildman–Crippen MR) is 52.4 cm³/mol. The van der Waals surface area contributed by atoms with E-state index in [-0.39, 0.29) is 5.82 Å². The van der Waals surface area contributed by atoms with E-state index in [4.69, 9.17) is 0 Å². The molecular formula is C10H11BrF. The molecule has 0 unspecified atom stereocenters. The molecule has 0 aliphatic rings. The molecule has 0 saturated heterocycles. The summed E-state index contributed by atoms with van der Waals surface area (Å²) in [5.41, 5.74) is 0.694. The monoisotopic (exact) mass is 229 g/mol. The van der Waals surface area contributed by atoms with Crippen molar-refractivity contribution in [2.75, 3.05) is 0 Å². The van der Waals surface area contributed by atoms with Crippen molar-refractivity contribution in [2.24, 2.45) is 0 Å². The summed E-state index contributed by atoms with van der Waals surface area (Å²) in [5, 5.41) is 0. The first kappa shape index (κ1) is 9.72. The van der Waals surface area contributed by atoms with Crippen molar-refractivity contribution < 1.29 is 4.39 Å². The van der Waals surface area contributed by atoms with Crippen LogP contribution in [0, 0.1) is 12.2 Å². The van der Waals surface area contributed by atoms with Crippen LogP contribution in [0.4, 0.5) is 4.39 Å². The zero-order valence-corrected chi connectivity index (χ0v) is 8.57. The van der Waals surface area contributed by atoms with Crippen LogP contribution in [0.3, 0.4) is 0 Å². The number of hydrogen-bond acceptors (Lipinski definition) is 0. The van der Waals surface area contributed by atoms with Gasteiger partial charge in [-0.25, -0.2) is 4.39 Å². The minimum Gasteiger partial charge on any atom is -0.207 e. The van der Waals surface area contributed by atoms with Gasteiger partial charge in [-0.15, -0.1) is 0 Å². The molecule has 1 aromatic carbocycles. The van der Waals surface area contributed by atoms with E-state index in [0.717, 1.165) is 17.3 Å². The summed E-state index contributed by atoms with van der Waals surface area (Å²) in [4.78, 5) is 0. The molecule has 0 bridgehead atoms. The summed E-state index contributed by atoms with van der Waals surface area (Å²) in [7, 11) is 0. The summed E-state index contributed by atoms with van der Waals surface area (Å²) in [6.07, 6.45) is 3.90. The van der Waals surface area contributed by atoms with E-state index in [9.17, 15) is 4.39 Å². The summed E-state index contributed by atoms with van der Waals surface area (Å²) in [5.74, 6) is -0.155. The van der Waals surface area contributed by atoms with Gasteiger partial charge >= 0.3 is 0 Å². The average Bonchev–Trinajstić information content (AvgIpc) is 2.03. The molecule has 0 aliphatic carbocycles. The van der Waals surface area contributed by atoms with Gasteiger partial charge in [-0.1, -0.05) is 35.3 Å². The van der Waals surface area contributed by atoms with Crippen LogP contribution in [0.15, 0.2) is 22.7 Å². The van der Waals surface area contributed by atoms with Crippen molar-refractivity contribution in [3.05, 3.63) is 40.5 Å². The van der Waals surface area contributed by atoms with Gasteiger partial charge in [0, 0.05) is 4.47 Å². The molecule has 0 spiro atoms. The molecule has 0 nitrogen and oxygen atoms in total. The highest BCUT2D eigenvalue weighted by atomic mass is 79.9. The molecule has 0 N–H and O–H groups in total. The molecule has 1 radical (unpaired) electrons. The van der Waals surface area contributed by atoms with Crippen LogP contribution in [0.5, 0.6) is 0 Å². The molecule has 0 atom stereocenters. The Kier molecular flexibility index (Phi) is 3.73. The van der Waals surface area contributed by atoms with Gasteiger partial charge in [-0.05, 0) is 30.5 Å². The number of rotatable bonds is 3. The summed E-state index contributed by atoms with van der Waals surface area (Å²) in [6.45, 7) is 2.08. The van der Waals surface area contributed by atoms with E-state index in [2.05, 4.69) is 22.9 Å². The van der Waals surface area contributed by atoms with Gasteiger partial charge in [-0.2, -0.15) is 0 Å². The highest BCUT2D eigenvalue weighted by molar-refractivity contribution is 9.10. The first-order chi connectivity index (χ1) is 5.74. The minimum absolute atomic E-state index is 0.155. The number of unbranched alkanes of at least 4 members (excludes halogenated alkanes) is 1. The maximum Gasteiger partial charge on any atom is 0.127 e. The van der Waals surface area contributed by atoms with Crippen molar-refractivity contribution in [2.45, 2.75) is 19.8 Å². The zero-order valence-electron chi connectivity index (χ0n) is 6.98. The average molecular weight is 230 g/mol. The Balaban J connectivity index is 2.72. The highest BCUT2D eigenvalue weighted by Crippen LogP contribution is 2.17. The fourth-order valence-electron chi connectivity index (χ4n) is 0.967. The van der Waals surface area contributed by atoms with Crippen LogP contribution in [-0.2, 0) is 0 Å². The Morgan fingerprint density at radius 3 is 2.83 bits per heavy atom. The van der Waals surface area contributed by atoms with Crippen LogP contribution in [0.2, 0.25) is 0 Å². The quantitative estimate of drug-likeness (QED) is 0.737. The molecule has 0 fully saturated rings. The molecular weight excluding hydrogens is 219 g/mol. The van der Waals surface area contributed by atoms with E-state index < -0.39 is 0 Å². The van der Waals surface area contributed by atoms with Gasteiger partial charge in [0.05, 0.1) is 0 Å². The molecule has 65 valence electrons. The number of hydrogen-bond donors (Lipinski definition) is 0. The molecule has 0 saturated carbocycles. The topological polar surface area (TPSA) is 0 Å². The first-order valence-corrected chi connectivity index (χ1v) is 4.81. The Bertz CT molecular complexity index is 258. The fourth-order valence-corrected chi connectivity index (χ4v) is 1.30. The standard InChI is InChI=1S/C10H11BrF/c1-2-3-4-8-5-6-9(11)7-10(8)12/h4-7H,2-3H2,1H3. The fraction of sp³-hybridized carbons (Fsp3) is 0.300. The van der Waals surface area contributed by atoms with Crippen molar-refractivity contribution in [3.63, 3.8) is 0 Å². The molecule has 12 heavy (non-hydrogen) atoms. The van der Waals surface area contributed by atoms with Gasteiger partial charge in [0.1, 0.15) is 5.82 Å². The Hall–Kier alpha value is -0.370. The van der Waals surface area contributed by atoms with Crippen LogP contribution >= 0.6 is 15.9 Å². The minimum atomic E-state index is -0.155. The van der Waals surface area contributed by atoms with Gasteiger partial charge in [0.2, 0.25) is 0 Å². The first-order valence-electron chi connectivity index (χ1n) is 4.02. The lowest BCUT2D eigenvalue weighted by Gasteiger charge is -2.01. The van der Waals surface area contributed by atoms with E-state index in [1.165, 1.54) is 6.07 Å². The van der Waals surface area contributed by atoms with Crippen molar-refractivity contribution >= 4 is 15.9 Å². The maximum atomic E-state index is 13.1. The highest BCUT2D eigenvalue weighted by Gasteiger charge is 2.01. The van der Waals surface area contributed by atoms with Crippen LogP contribution < -0.4 is 0 Å². The van der Waals surface area contributed by atoms with Crippen LogP contribution in [-0.4, -0.2) is 0 Å². The number of halogens is 2. The molecule has 2 heteroatoms. The SMILES string of the molecule is CCC[CH]c1ccc(Br)cc1F. The molecule has 0 heterocycles. The second-order valence-corrected chi connectivity index (χ2v) is 3.57. The van der Waals surface area contributed by atoms with E-state index in [1.54, 1.807) is 6.07 Å². The van der Waals surface area contributed by atoms with Gasteiger partial charge < -0.3 is 0 Å². The van der Waals surface area contributed by atoms with Gasteiger partial charge in [0.25, 0.3) is 0 Å². The Labute approximate surface area is 80.9 Å². The molecule has 1 aromatic rings. The lowest BCUT2D eigenvalue weighted by molar-refractivity contribution is 0.617.